The maximum Gasteiger partial charge on any atom is 0.278 e. The molecule has 7 heteroatoms. The zero-order valence-electron chi connectivity index (χ0n) is 19.8. The minimum absolute atomic E-state index is 0.0113. The SMILES string of the molecule is CCCOc1ccc(C2=C(N3CCN(CCO)CC3)C(=O)N(C3CCCCCC3)C2=O)cc1. The van der Waals surface area contributed by atoms with E-state index in [4.69, 9.17) is 4.74 Å². The van der Waals surface area contributed by atoms with Crippen LogP contribution in [0.2, 0.25) is 0 Å². The molecule has 1 saturated carbocycles. The van der Waals surface area contributed by atoms with Gasteiger partial charge in [-0.05, 0) is 37.0 Å². The molecule has 0 atom stereocenters. The lowest BCUT2D eigenvalue weighted by atomic mass is 10.0. The predicted octanol–water partition coefficient (Wildman–Crippen LogP) is 2.89. The highest BCUT2D eigenvalue weighted by Gasteiger charge is 2.45. The number of carbonyl (C=O) groups excluding carboxylic acids is 2. The first-order chi connectivity index (χ1) is 16.1. The molecule has 2 aliphatic heterocycles. The van der Waals surface area contributed by atoms with Gasteiger partial charge < -0.3 is 14.7 Å². The highest BCUT2D eigenvalue weighted by Crippen LogP contribution is 2.36. The Morgan fingerprint density at radius 3 is 2.21 bits per heavy atom. The Balaban J connectivity index is 1.64. The van der Waals surface area contributed by atoms with Crippen LogP contribution in [0.15, 0.2) is 30.0 Å². The third-order valence-corrected chi connectivity index (χ3v) is 7.00. The van der Waals surface area contributed by atoms with Gasteiger partial charge in [-0.25, -0.2) is 0 Å². The highest BCUT2D eigenvalue weighted by atomic mass is 16.5. The fourth-order valence-corrected chi connectivity index (χ4v) is 5.21. The number of nitrogens with zero attached hydrogens (tertiary/aromatic N) is 3. The Hall–Kier alpha value is -2.38. The molecule has 1 aliphatic carbocycles. The Bertz CT molecular complexity index is 851. The average Bonchev–Trinajstić information content (AvgIpc) is 2.99. The van der Waals surface area contributed by atoms with E-state index in [1.807, 2.05) is 24.3 Å². The van der Waals surface area contributed by atoms with E-state index in [9.17, 15) is 14.7 Å². The molecule has 0 aromatic heterocycles. The van der Waals surface area contributed by atoms with Gasteiger partial charge in [0.1, 0.15) is 11.4 Å². The van der Waals surface area contributed by atoms with Crippen molar-refractivity contribution in [1.29, 1.82) is 0 Å². The molecule has 0 spiro atoms. The number of piperazine rings is 1. The molecule has 4 rings (SSSR count). The summed E-state index contributed by atoms with van der Waals surface area (Å²) in [6, 6.07) is 7.58. The number of benzene rings is 1. The largest absolute Gasteiger partial charge is 0.494 e. The maximum atomic E-state index is 13.8. The van der Waals surface area contributed by atoms with E-state index in [1.165, 1.54) is 12.8 Å². The fraction of sp³-hybridized carbons (Fsp3) is 0.615. The number of aliphatic hydroxyl groups is 1. The van der Waals surface area contributed by atoms with E-state index >= 15 is 0 Å². The van der Waals surface area contributed by atoms with E-state index in [0.29, 0.717) is 37.5 Å². The highest BCUT2D eigenvalue weighted by molar-refractivity contribution is 6.35. The van der Waals surface area contributed by atoms with Crippen LogP contribution >= 0.6 is 0 Å². The standard InChI is InChI=1S/C26H37N3O4/c1-2-19-33-22-11-9-20(10-12-22)23-24(28-15-13-27(14-16-28)17-18-30)26(32)29(25(23)31)21-7-5-3-4-6-8-21/h9-12,21,30H,2-8,13-19H2,1H3. The zero-order chi connectivity index (χ0) is 23.2. The van der Waals surface area contributed by atoms with Crippen molar-refractivity contribution in [2.24, 2.45) is 0 Å². The summed E-state index contributed by atoms with van der Waals surface area (Å²) in [7, 11) is 0. The summed E-state index contributed by atoms with van der Waals surface area (Å²) < 4.78 is 5.71. The number of imide groups is 1. The minimum atomic E-state index is -0.151. The first-order valence-corrected chi connectivity index (χ1v) is 12.6. The van der Waals surface area contributed by atoms with Crippen LogP contribution in [0.3, 0.4) is 0 Å². The molecular formula is C26H37N3O4. The summed E-state index contributed by atoms with van der Waals surface area (Å²) in [6.07, 6.45) is 7.20. The molecule has 0 unspecified atom stereocenters. The summed E-state index contributed by atoms with van der Waals surface area (Å²) in [6.45, 7) is 6.38. The molecule has 2 fully saturated rings. The Kier molecular flexibility index (Phi) is 8.04. The number of hydrogen-bond donors (Lipinski definition) is 1. The molecule has 33 heavy (non-hydrogen) atoms. The number of carbonyl (C=O) groups is 2. The molecule has 0 radical (unpaired) electrons. The Labute approximate surface area is 197 Å². The van der Waals surface area contributed by atoms with Crippen LogP contribution in [0.25, 0.3) is 5.57 Å². The van der Waals surface area contributed by atoms with Crippen molar-refractivity contribution in [2.75, 3.05) is 45.9 Å². The lowest BCUT2D eigenvalue weighted by molar-refractivity contribution is -0.140. The number of amides is 2. The van der Waals surface area contributed by atoms with Crippen LogP contribution < -0.4 is 4.74 Å². The number of ether oxygens (including phenoxy) is 1. The third-order valence-electron chi connectivity index (χ3n) is 7.00. The van der Waals surface area contributed by atoms with Crippen molar-refractivity contribution in [1.82, 2.24) is 14.7 Å². The minimum Gasteiger partial charge on any atom is -0.494 e. The van der Waals surface area contributed by atoms with Crippen molar-refractivity contribution in [2.45, 2.75) is 57.9 Å². The molecule has 1 N–H and O–H groups in total. The molecule has 1 aromatic carbocycles. The second kappa shape index (κ2) is 11.2. The van der Waals surface area contributed by atoms with Crippen LogP contribution in [0.5, 0.6) is 5.75 Å². The summed E-state index contributed by atoms with van der Waals surface area (Å²) in [5.41, 5.74) is 1.86. The van der Waals surface area contributed by atoms with Gasteiger partial charge in [0.15, 0.2) is 0 Å². The molecule has 0 bridgehead atoms. The lowest BCUT2D eigenvalue weighted by Gasteiger charge is -2.36. The van der Waals surface area contributed by atoms with Crippen molar-refractivity contribution in [3.8, 4) is 5.75 Å². The van der Waals surface area contributed by atoms with E-state index in [2.05, 4.69) is 16.7 Å². The topological polar surface area (TPSA) is 73.3 Å². The normalized spacial score (nSPS) is 21.2. The molecule has 1 aromatic rings. The second-order valence-electron chi connectivity index (χ2n) is 9.27. The van der Waals surface area contributed by atoms with Crippen LogP contribution in [-0.2, 0) is 9.59 Å². The summed E-state index contributed by atoms with van der Waals surface area (Å²) in [4.78, 5) is 33.4. The Morgan fingerprint density at radius 2 is 1.61 bits per heavy atom. The number of rotatable bonds is 8. The van der Waals surface area contributed by atoms with Crippen LogP contribution in [0.1, 0.15) is 57.4 Å². The second-order valence-corrected chi connectivity index (χ2v) is 9.27. The van der Waals surface area contributed by atoms with Crippen LogP contribution in [0.4, 0.5) is 0 Å². The van der Waals surface area contributed by atoms with E-state index in [0.717, 1.165) is 56.5 Å². The fourth-order valence-electron chi connectivity index (χ4n) is 5.21. The monoisotopic (exact) mass is 455 g/mol. The van der Waals surface area contributed by atoms with Crippen LogP contribution in [0, 0.1) is 0 Å². The molecule has 2 amide bonds. The van der Waals surface area contributed by atoms with Crippen molar-refractivity contribution in [3.05, 3.63) is 35.5 Å². The van der Waals surface area contributed by atoms with E-state index in [1.54, 1.807) is 4.90 Å². The summed E-state index contributed by atoms with van der Waals surface area (Å²) in [5.74, 6) is 0.489. The first-order valence-electron chi connectivity index (χ1n) is 12.6. The van der Waals surface area contributed by atoms with Crippen molar-refractivity contribution in [3.63, 3.8) is 0 Å². The molecular weight excluding hydrogens is 418 g/mol. The van der Waals surface area contributed by atoms with Gasteiger partial charge in [0.25, 0.3) is 11.8 Å². The van der Waals surface area contributed by atoms with Gasteiger partial charge in [-0.3, -0.25) is 19.4 Å². The number of aliphatic hydroxyl groups excluding tert-OH is 1. The average molecular weight is 456 g/mol. The van der Waals surface area contributed by atoms with Crippen molar-refractivity contribution >= 4 is 17.4 Å². The van der Waals surface area contributed by atoms with Crippen LogP contribution in [-0.4, -0.2) is 83.6 Å². The Morgan fingerprint density at radius 1 is 0.939 bits per heavy atom. The number of β-amino-alcohol motifs (C(OH)–C–C–N with tert-alkyl or cyclic N) is 1. The molecule has 180 valence electrons. The summed E-state index contributed by atoms with van der Waals surface area (Å²) >= 11 is 0. The van der Waals surface area contributed by atoms with Gasteiger partial charge in [-0.1, -0.05) is 44.7 Å². The zero-order valence-corrected chi connectivity index (χ0v) is 19.8. The molecule has 3 aliphatic rings. The smallest absolute Gasteiger partial charge is 0.278 e. The molecule has 7 nitrogen and oxygen atoms in total. The van der Waals surface area contributed by atoms with Gasteiger partial charge in [0.05, 0.1) is 18.8 Å². The predicted molar refractivity (Wildman–Crippen MR) is 128 cm³/mol. The summed E-state index contributed by atoms with van der Waals surface area (Å²) in [5, 5.41) is 9.26. The van der Waals surface area contributed by atoms with E-state index < -0.39 is 0 Å². The van der Waals surface area contributed by atoms with Gasteiger partial charge in [-0.15, -0.1) is 0 Å². The maximum absolute atomic E-state index is 13.8. The van der Waals surface area contributed by atoms with Crippen molar-refractivity contribution < 1.29 is 19.4 Å². The number of hydrogen-bond acceptors (Lipinski definition) is 6. The third kappa shape index (κ3) is 5.25. The van der Waals surface area contributed by atoms with Gasteiger partial charge >= 0.3 is 0 Å². The van der Waals surface area contributed by atoms with Gasteiger partial charge in [0, 0.05) is 38.8 Å². The van der Waals surface area contributed by atoms with E-state index in [-0.39, 0.29) is 24.5 Å². The molecule has 1 saturated heterocycles. The van der Waals surface area contributed by atoms with Gasteiger partial charge in [0.2, 0.25) is 0 Å². The molecule has 2 heterocycles. The van der Waals surface area contributed by atoms with Gasteiger partial charge in [-0.2, -0.15) is 0 Å². The quantitative estimate of drug-likeness (QED) is 0.480. The lowest BCUT2D eigenvalue weighted by Crippen LogP contribution is -2.49. The first kappa shape index (κ1) is 23.8.